The third-order valence-electron chi connectivity index (χ3n) is 3.04. The molecule has 1 rings (SSSR count). The van der Waals surface area contributed by atoms with E-state index in [1.165, 1.54) is 7.11 Å². The molecule has 1 saturated heterocycles. The van der Waals surface area contributed by atoms with Gasteiger partial charge in [0.05, 0.1) is 19.2 Å². The lowest BCUT2D eigenvalue weighted by Gasteiger charge is -2.20. The molecular weight excluding hydrogens is 302 g/mol. The fourth-order valence-electron chi connectivity index (χ4n) is 2.20. The lowest BCUT2D eigenvalue weighted by Crippen LogP contribution is -2.49. The predicted molar refractivity (Wildman–Crippen MR) is 77.5 cm³/mol. The van der Waals surface area contributed by atoms with E-state index in [9.17, 15) is 14.4 Å². The Labute approximate surface area is 129 Å². The van der Waals surface area contributed by atoms with Gasteiger partial charge in [-0.1, -0.05) is 0 Å². The van der Waals surface area contributed by atoms with Gasteiger partial charge in [-0.15, -0.1) is 12.4 Å². The number of aliphatic carboxylic acids is 1. The van der Waals surface area contributed by atoms with E-state index in [4.69, 9.17) is 9.84 Å². The molecule has 8 nitrogen and oxygen atoms in total. The highest BCUT2D eigenvalue weighted by molar-refractivity contribution is 5.95. The second kappa shape index (κ2) is 9.54. The minimum Gasteiger partial charge on any atom is -0.480 e. The van der Waals surface area contributed by atoms with Gasteiger partial charge < -0.3 is 15.2 Å². The van der Waals surface area contributed by atoms with Crippen LogP contribution >= 0.6 is 12.4 Å². The molecule has 0 spiro atoms. The van der Waals surface area contributed by atoms with Crippen molar-refractivity contribution < 1.29 is 24.2 Å². The minimum atomic E-state index is -0.937. The molecule has 21 heavy (non-hydrogen) atoms. The molecule has 3 N–H and O–H groups in total. The molecule has 0 aromatic heterocycles. The number of nitrogens with zero attached hydrogens (tertiary/aromatic N) is 1. The zero-order chi connectivity index (χ0) is 15.1. The molecule has 1 aliphatic heterocycles. The second-order valence-corrected chi connectivity index (χ2v) is 4.84. The van der Waals surface area contributed by atoms with Gasteiger partial charge in [0.1, 0.15) is 6.04 Å². The van der Waals surface area contributed by atoms with Crippen molar-refractivity contribution in [2.45, 2.75) is 31.8 Å². The van der Waals surface area contributed by atoms with Gasteiger partial charge in [-0.25, -0.2) is 4.79 Å². The Morgan fingerprint density at radius 3 is 2.67 bits per heavy atom. The van der Waals surface area contributed by atoms with Crippen LogP contribution in [0.1, 0.15) is 19.8 Å². The summed E-state index contributed by atoms with van der Waals surface area (Å²) in [5, 5.41) is 13.7. The van der Waals surface area contributed by atoms with E-state index in [-0.39, 0.29) is 25.0 Å². The molecule has 0 saturated carbocycles. The third kappa shape index (κ3) is 6.74. The maximum absolute atomic E-state index is 11.7. The van der Waals surface area contributed by atoms with E-state index >= 15 is 0 Å². The largest absolute Gasteiger partial charge is 0.480 e. The average molecular weight is 324 g/mol. The van der Waals surface area contributed by atoms with Crippen molar-refractivity contribution in [2.24, 2.45) is 0 Å². The summed E-state index contributed by atoms with van der Waals surface area (Å²) < 4.78 is 4.86. The van der Waals surface area contributed by atoms with Gasteiger partial charge in [0.2, 0.25) is 5.91 Å². The molecule has 1 heterocycles. The zero-order valence-corrected chi connectivity index (χ0v) is 12.9. The smallest absolute Gasteiger partial charge is 0.321 e. The van der Waals surface area contributed by atoms with Crippen LogP contribution in [-0.4, -0.2) is 66.8 Å². The molecule has 1 aliphatic rings. The number of carbonyl (C=O) groups is 3. The molecule has 1 fully saturated rings. The summed E-state index contributed by atoms with van der Waals surface area (Å²) in [6.45, 7) is 2.54. The van der Waals surface area contributed by atoms with Crippen molar-refractivity contribution in [3.8, 4) is 0 Å². The summed E-state index contributed by atoms with van der Waals surface area (Å²) in [5.41, 5.74) is 0. The van der Waals surface area contributed by atoms with Crippen LogP contribution in [-0.2, 0) is 14.3 Å². The average Bonchev–Trinajstić information content (AvgIpc) is 2.76. The molecule has 0 bridgehead atoms. The van der Waals surface area contributed by atoms with Crippen molar-refractivity contribution in [1.82, 2.24) is 15.5 Å². The Balaban J connectivity index is 0.00000400. The Kier molecular flexibility index (Phi) is 8.91. The number of urea groups is 1. The van der Waals surface area contributed by atoms with Crippen LogP contribution in [0.25, 0.3) is 0 Å². The third-order valence-corrected chi connectivity index (χ3v) is 3.04. The van der Waals surface area contributed by atoms with Crippen LogP contribution in [0.2, 0.25) is 0 Å². The van der Waals surface area contributed by atoms with Crippen LogP contribution in [0.15, 0.2) is 0 Å². The summed E-state index contributed by atoms with van der Waals surface area (Å²) in [6, 6.07) is -1.46. The van der Waals surface area contributed by atoms with Crippen molar-refractivity contribution in [1.29, 1.82) is 0 Å². The predicted octanol–water partition coefficient (Wildman–Crippen LogP) is -0.182. The first-order valence-electron chi connectivity index (χ1n) is 6.50. The van der Waals surface area contributed by atoms with E-state index in [1.807, 2.05) is 0 Å². The van der Waals surface area contributed by atoms with Crippen LogP contribution in [0.5, 0.6) is 0 Å². The lowest BCUT2D eigenvalue weighted by atomic mass is 10.2. The molecule has 9 heteroatoms. The number of hydrogen-bond acceptors (Lipinski definition) is 5. The monoisotopic (exact) mass is 323 g/mol. The van der Waals surface area contributed by atoms with Gasteiger partial charge in [-0.3, -0.25) is 19.8 Å². The standard InChI is InChI=1S/C12H21N3O5.ClH/c1-8(7-20-2)13-12(19)14-10(16)6-15-5-3-4-9(15)11(17)18;/h8-9H,3-7H2,1-2H3,(H,17,18)(H2,13,14,16,19);1H/t8?,9-;/m0./s1. The Morgan fingerprint density at radius 1 is 1.43 bits per heavy atom. The van der Waals surface area contributed by atoms with E-state index in [1.54, 1.807) is 11.8 Å². The number of carboxylic acids is 1. The van der Waals surface area contributed by atoms with Crippen LogP contribution in [0.3, 0.4) is 0 Å². The van der Waals surface area contributed by atoms with Crippen molar-refractivity contribution in [3.05, 3.63) is 0 Å². The molecular formula is C12H22ClN3O5. The number of hydrogen-bond donors (Lipinski definition) is 3. The van der Waals surface area contributed by atoms with E-state index in [0.29, 0.717) is 19.6 Å². The first kappa shape index (κ1) is 19.6. The number of likely N-dealkylation sites (tertiary alicyclic amines) is 1. The normalized spacial score (nSPS) is 19.4. The highest BCUT2D eigenvalue weighted by atomic mass is 35.5. The quantitative estimate of drug-likeness (QED) is 0.625. The van der Waals surface area contributed by atoms with Crippen LogP contribution in [0, 0.1) is 0 Å². The Morgan fingerprint density at radius 2 is 2.10 bits per heavy atom. The number of imide groups is 1. The van der Waals surface area contributed by atoms with Gasteiger partial charge in [-0.2, -0.15) is 0 Å². The number of methoxy groups -OCH3 is 1. The fourth-order valence-corrected chi connectivity index (χ4v) is 2.20. The van der Waals surface area contributed by atoms with E-state index < -0.39 is 23.9 Å². The summed E-state index contributed by atoms with van der Waals surface area (Å²) in [7, 11) is 1.51. The number of nitrogens with one attached hydrogen (secondary N) is 2. The maximum atomic E-state index is 11.7. The summed E-state index contributed by atoms with van der Waals surface area (Å²) in [6.07, 6.45) is 1.26. The van der Waals surface area contributed by atoms with Crippen molar-refractivity contribution >= 4 is 30.3 Å². The van der Waals surface area contributed by atoms with Gasteiger partial charge in [-0.05, 0) is 26.3 Å². The molecule has 122 valence electrons. The van der Waals surface area contributed by atoms with Gasteiger partial charge >= 0.3 is 12.0 Å². The molecule has 0 aliphatic carbocycles. The van der Waals surface area contributed by atoms with Gasteiger partial charge in [0.15, 0.2) is 0 Å². The first-order chi connectivity index (χ1) is 9.43. The number of rotatable bonds is 6. The number of halogens is 1. The molecule has 2 atom stereocenters. The topological polar surface area (TPSA) is 108 Å². The van der Waals surface area contributed by atoms with Crippen LogP contribution in [0.4, 0.5) is 4.79 Å². The maximum Gasteiger partial charge on any atom is 0.321 e. The zero-order valence-electron chi connectivity index (χ0n) is 12.1. The first-order valence-corrected chi connectivity index (χ1v) is 6.50. The van der Waals surface area contributed by atoms with Crippen molar-refractivity contribution in [3.63, 3.8) is 0 Å². The minimum absolute atomic E-state index is 0. The van der Waals surface area contributed by atoms with Crippen LogP contribution < -0.4 is 10.6 Å². The highest BCUT2D eigenvalue weighted by Crippen LogP contribution is 2.16. The SMILES string of the molecule is COCC(C)NC(=O)NC(=O)CN1CCC[C@H]1C(=O)O.Cl. The Bertz CT molecular complexity index is 380. The van der Waals surface area contributed by atoms with Gasteiger partial charge in [0.25, 0.3) is 0 Å². The Hall–Kier alpha value is -1.38. The number of ether oxygens (including phenoxy) is 1. The van der Waals surface area contributed by atoms with E-state index in [2.05, 4.69) is 10.6 Å². The molecule has 0 radical (unpaired) electrons. The summed E-state index contributed by atoms with van der Waals surface area (Å²) in [5.74, 6) is -1.45. The molecule has 0 aromatic carbocycles. The van der Waals surface area contributed by atoms with Gasteiger partial charge in [0, 0.05) is 7.11 Å². The summed E-state index contributed by atoms with van der Waals surface area (Å²) >= 11 is 0. The van der Waals surface area contributed by atoms with Crippen molar-refractivity contribution in [2.75, 3.05) is 26.8 Å². The molecule has 3 amide bonds. The number of carbonyl (C=O) groups excluding carboxylic acids is 2. The second-order valence-electron chi connectivity index (χ2n) is 4.84. The lowest BCUT2D eigenvalue weighted by molar-refractivity contribution is -0.142. The fraction of sp³-hybridized carbons (Fsp3) is 0.750. The molecule has 1 unspecified atom stereocenters. The summed E-state index contributed by atoms with van der Waals surface area (Å²) in [4.78, 5) is 35.7. The highest BCUT2D eigenvalue weighted by Gasteiger charge is 2.31. The molecule has 0 aromatic rings. The number of carboxylic acid groups (broad SMARTS) is 1. The number of amides is 3. The van der Waals surface area contributed by atoms with E-state index in [0.717, 1.165) is 6.42 Å².